The van der Waals surface area contributed by atoms with Gasteiger partial charge < -0.3 is 19.5 Å². The summed E-state index contributed by atoms with van der Waals surface area (Å²) in [4.78, 5) is 23.7. The minimum atomic E-state index is -0.867. The summed E-state index contributed by atoms with van der Waals surface area (Å²) < 4.78 is 15.8. The van der Waals surface area contributed by atoms with Gasteiger partial charge in [-0.3, -0.25) is 4.79 Å². The van der Waals surface area contributed by atoms with Crippen molar-refractivity contribution in [1.82, 2.24) is 5.32 Å². The molecule has 0 saturated heterocycles. The molecular formula is C19H27NO5. The summed E-state index contributed by atoms with van der Waals surface area (Å²) in [6.45, 7) is 7.65. The highest BCUT2D eigenvalue weighted by Gasteiger charge is 2.18. The number of esters is 1. The quantitative estimate of drug-likeness (QED) is 0.694. The zero-order chi connectivity index (χ0) is 18.8. The fourth-order valence-electron chi connectivity index (χ4n) is 1.97. The number of allylic oxidation sites excluding steroid dienone is 1. The first-order chi connectivity index (χ1) is 11.9. The molecule has 0 saturated carbocycles. The molecule has 0 bridgehead atoms. The van der Waals surface area contributed by atoms with Crippen LogP contribution >= 0.6 is 0 Å². The van der Waals surface area contributed by atoms with Gasteiger partial charge in [-0.15, -0.1) is 0 Å². The van der Waals surface area contributed by atoms with E-state index < -0.39 is 12.1 Å². The fourth-order valence-corrected chi connectivity index (χ4v) is 1.97. The van der Waals surface area contributed by atoms with Gasteiger partial charge in [-0.25, -0.2) is 4.79 Å². The second kappa shape index (κ2) is 10.4. The summed E-state index contributed by atoms with van der Waals surface area (Å²) in [5.41, 5.74) is 0.963. The van der Waals surface area contributed by atoms with Gasteiger partial charge in [-0.2, -0.15) is 0 Å². The molecule has 0 fully saturated rings. The molecular weight excluding hydrogens is 322 g/mol. The van der Waals surface area contributed by atoms with Gasteiger partial charge in [0.05, 0.1) is 7.11 Å². The third-order valence-corrected chi connectivity index (χ3v) is 3.25. The highest BCUT2D eigenvalue weighted by molar-refractivity contribution is 5.83. The zero-order valence-corrected chi connectivity index (χ0v) is 15.5. The largest absolute Gasteiger partial charge is 0.493 e. The first kappa shape index (κ1) is 20.5. The van der Waals surface area contributed by atoms with Gasteiger partial charge >= 0.3 is 5.97 Å². The van der Waals surface area contributed by atoms with E-state index in [9.17, 15) is 9.59 Å². The van der Waals surface area contributed by atoms with E-state index in [-0.39, 0.29) is 12.5 Å². The van der Waals surface area contributed by atoms with Gasteiger partial charge in [0.1, 0.15) is 0 Å². The average molecular weight is 349 g/mol. The molecule has 1 aromatic carbocycles. The van der Waals surface area contributed by atoms with Crippen LogP contribution in [-0.4, -0.2) is 38.2 Å². The summed E-state index contributed by atoms with van der Waals surface area (Å²) in [6.07, 6.45) is 2.98. The molecule has 0 aliphatic rings. The molecule has 6 heteroatoms. The van der Waals surface area contributed by atoms with E-state index in [0.717, 1.165) is 5.56 Å². The van der Waals surface area contributed by atoms with Crippen molar-refractivity contribution >= 4 is 18.0 Å². The standard InChI is InChI=1S/C19H27NO5/c1-6-7-15-8-9-16(17(10-15)23-5)24-12-18(21)25-14(4)19(22)20-11-13(2)3/h6-10,13-14H,11-12H2,1-5H3,(H,20,22)/b7-6+/t14-/m1/s1. The van der Waals surface area contributed by atoms with E-state index in [2.05, 4.69) is 5.32 Å². The third-order valence-electron chi connectivity index (χ3n) is 3.25. The number of benzene rings is 1. The molecule has 6 nitrogen and oxygen atoms in total. The summed E-state index contributed by atoms with van der Waals surface area (Å²) in [6, 6.07) is 5.38. The monoisotopic (exact) mass is 349 g/mol. The Morgan fingerprint density at radius 1 is 1.20 bits per heavy atom. The maximum atomic E-state index is 11.9. The minimum absolute atomic E-state index is 0.304. The van der Waals surface area contributed by atoms with Crippen molar-refractivity contribution in [3.05, 3.63) is 29.8 Å². The predicted octanol–water partition coefficient (Wildman–Crippen LogP) is 2.81. The lowest BCUT2D eigenvalue weighted by Gasteiger charge is -2.15. The molecule has 0 radical (unpaired) electrons. The molecule has 1 N–H and O–H groups in total. The minimum Gasteiger partial charge on any atom is -0.493 e. The molecule has 0 spiro atoms. The second-order valence-electron chi connectivity index (χ2n) is 5.97. The summed E-state index contributed by atoms with van der Waals surface area (Å²) in [7, 11) is 1.53. The smallest absolute Gasteiger partial charge is 0.344 e. The number of methoxy groups -OCH3 is 1. The number of carbonyl (C=O) groups excluding carboxylic acids is 2. The van der Waals surface area contributed by atoms with Crippen molar-refractivity contribution in [2.24, 2.45) is 5.92 Å². The maximum Gasteiger partial charge on any atom is 0.344 e. The van der Waals surface area contributed by atoms with Gasteiger partial charge in [0.15, 0.2) is 24.2 Å². The first-order valence-electron chi connectivity index (χ1n) is 8.28. The first-order valence-corrected chi connectivity index (χ1v) is 8.28. The van der Waals surface area contributed by atoms with Crippen LogP contribution in [0.2, 0.25) is 0 Å². The van der Waals surface area contributed by atoms with Crippen molar-refractivity contribution in [3.63, 3.8) is 0 Å². The van der Waals surface area contributed by atoms with Gasteiger partial charge in [0.2, 0.25) is 0 Å². The van der Waals surface area contributed by atoms with Crippen LogP contribution in [0.5, 0.6) is 11.5 Å². The Balaban J connectivity index is 2.54. The Hall–Kier alpha value is -2.50. The van der Waals surface area contributed by atoms with E-state index in [1.54, 1.807) is 6.07 Å². The average Bonchev–Trinajstić information content (AvgIpc) is 2.58. The Morgan fingerprint density at radius 3 is 2.52 bits per heavy atom. The van der Waals surface area contributed by atoms with E-state index >= 15 is 0 Å². The van der Waals surface area contributed by atoms with Gasteiger partial charge in [0.25, 0.3) is 5.91 Å². The highest BCUT2D eigenvalue weighted by atomic mass is 16.6. The van der Waals surface area contributed by atoms with Gasteiger partial charge in [-0.05, 0) is 37.5 Å². The van der Waals surface area contributed by atoms with E-state index in [0.29, 0.717) is 24.0 Å². The van der Waals surface area contributed by atoms with Gasteiger partial charge in [-0.1, -0.05) is 32.1 Å². The number of nitrogens with one attached hydrogen (secondary N) is 1. The van der Waals surface area contributed by atoms with E-state index in [4.69, 9.17) is 14.2 Å². The van der Waals surface area contributed by atoms with Crippen LogP contribution in [0.15, 0.2) is 24.3 Å². The van der Waals surface area contributed by atoms with Crippen LogP contribution in [0, 0.1) is 5.92 Å². The second-order valence-corrected chi connectivity index (χ2v) is 5.97. The predicted molar refractivity (Wildman–Crippen MR) is 96.6 cm³/mol. The van der Waals surface area contributed by atoms with Crippen LogP contribution in [0.25, 0.3) is 6.08 Å². The maximum absolute atomic E-state index is 11.9. The van der Waals surface area contributed by atoms with Crippen molar-refractivity contribution in [1.29, 1.82) is 0 Å². The lowest BCUT2D eigenvalue weighted by molar-refractivity contribution is -0.156. The SMILES string of the molecule is C/C=C/c1ccc(OCC(=O)O[C@H](C)C(=O)NCC(C)C)c(OC)c1. The van der Waals surface area contributed by atoms with Crippen LogP contribution in [0.1, 0.15) is 33.3 Å². The molecule has 25 heavy (non-hydrogen) atoms. The molecule has 1 amide bonds. The molecule has 1 atom stereocenters. The lowest BCUT2D eigenvalue weighted by Crippen LogP contribution is -2.38. The van der Waals surface area contributed by atoms with Crippen LogP contribution in [0.4, 0.5) is 0 Å². The van der Waals surface area contributed by atoms with Crippen molar-refractivity contribution in [3.8, 4) is 11.5 Å². The topological polar surface area (TPSA) is 73.9 Å². The molecule has 0 aliphatic heterocycles. The summed E-state index contributed by atoms with van der Waals surface area (Å²) in [5, 5.41) is 2.71. The molecule has 138 valence electrons. The normalized spacial score (nSPS) is 12.1. The molecule has 1 aromatic rings. The molecule has 0 aliphatic carbocycles. The van der Waals surface area contributed by atoms with E-state index in [1.165, 1.54) is 14.0 Å². The molecule has 0 aromatic heterocycles. The Bertz CT molecular complexity index is 610. The number of hydrogen-bond donors (Lipinski definition) is 1. The number of rotatable bonds is 9. The number of amides is 1. The van der Waals surface area contributed by atoms with Gasteiger partial charge in [0, 0.05) is 6.54 Å². The van der Waals surface area contributed by atoms with Crippen molar-refractivity contribution in [2.75, 3.05) is 20.3 Å². The zero-order valence-electron chi connectivity index (χ0n) is 15.5. The Morgan fingerprint density at radius 2 is 1.92 bits per heavy atom. The Kier molecular flexibility index (Phi) is 8.53. The number of ether oxygens (including phenoxy) is 3. The summed E-state index contributed by atoms with van der Waals surface area (Å²) >= 11 is 0. The van der Waals surface area contributed by atoms with Crippen LogP contribution in [0.3, 0.4) is 0 Å². The van der Waals surface area contributed by atoms with E-state index in [1.807, 2.05) is 45.1 Å². The van der Waals surface area contributed by atoms with Crippen LogP contribution < -0.4 is 14.8 Å². The highest BCUT2D eigenvalue weighted by Crippen LogP contribution is 2.28. The molecule has 0 unspecified atom stereocenters. The third kappa shape index (κ3) is 7.28. The van der Waals surface area contributed by atoms with Crippen molar-refractivity contribution in [2.45, 2.75) is 33.8 Å². The molecule has 1 rings (SSSR count). The van der Waals surface area contributed by atoms with Crippen LogP contribution in [-0.2, 0) is 14.3 Å². The summed E-state index contributed by atoms with van der Waals surface area (Å²) in [5.74, 6) is 0.339. The number of hydrogen-bond acceptors (Lipinski definition) is 5. The Labute approximate surface area is 149 Å². The number of carbonyl (C=O) groups is 2. The molecule has 0 heterocycles. The lowest BCUT2D eigenvalue weighted by atomic mass is 10.2. The fraction of sp³-hybridized carbons (Fsp3) is 0.474. The van der Waals surface area contributed by atoms with Crippen molar-refractivity contribution < 1.29 is 23.8 Å².